The zero-order valence-corrected chi connectivity index (χ0v) is 15.3. The van der Waals surface area contributed by atoms with Crippen molar-refractivity contribution in [1.29, 1.82) is 0 Å². The molecule has 0 saturated heterocycles. The van der Waals surface area contributed by atoms with Crippen LogP contribution in [0.3, 0.4) is 0 Å². The maximum absolute atomic E-state index is 11.3. The Morgan fingerprint density at radius 2 is 1.23 bits per heavy atom. The van der Waals surface area contributed by atoms with E-state index in [4.69, 9.17) is 4.74 Å². The number of allylic oxidation sites excluding steroid dienone is 1. The molecule has 2 heteroatoms. The number of unbranched alkanes of at least 4 members (excludes halogenated alkanes) is 11. The van der Waals surface area contributed by atoms with Crippen LogP contribution >= 0.6 is 0 Å². The van der Waals surface area contributed by atoms with Gasteiger partial charge in [0.05, 0.1) is 6.61 Å². The van der Waals surface area contributed by atoms with E-state index in [2.05, 4.69) is 6.92 Å². The maximum Gasteiger partial charge on any atom is 0.330 e. The molecule has 0 N–H and O–H groups in total. The SMILES string of the molecule is CCCCCCCCCCCCCC/C(C)=C/C(=O)OCC. The molecule has 0 spiro atoms. The summed E-state index contributed by atoms with van der Waals surface area (Å²) in [7, 11) is 0. The smallest absolute Gasteiger partial charge is 0.330 e. The van der Waals surface area contributed by atoms with Gasteiger partial charge in [0.1, 0.15) is 0 Å². The Morgan fingerprint density at radius 1 is 0.773 bits per heavy atom. The zero-order chi connectivity index (χ0) is 16.5. The Bertz CT molecular complexity index is 281. The fraction of sp³-hybridized carbons (Fsp3) is 0.850. The van der Waals surface area contributed by atoms with Gasteiger partial charge in [-0.25, -0.2) is 4.79 Å². The summed E-state index contributed by atoms with van der Waals surface area (Å²) in [6.07, 6.45) is 19.1. The highest BCUT2D eigenvalue weighted by atomic mass is 16.5. The van der Waals surface area contributed by atoms with Crippen molar-refractivity contribution < 1.29 is 9.53 Å². The van der Waals surface area contributed by atoms with Crippen LogP contribution in [0.1, 0.15) is 104 Å². The first-order chi connectivity index (χ1) is 10.7. The highest BCUT2D eigenvalue weighted by Crippen LogP contribution is 2.14. The average Bonchev–Trinajstić information content (AvgIpc) is 2.48. The molecule has 0 radical (unpaired) electrons. The van der Waals surface area contributed by atoms with Gasteiger partial charge in [0, 0.05) is 6.08 Å². The second-order valence-corrected chi connectivity index (χ2v) is 6.38. The number of rotatable bonds is 15. The van der Waals surface area contributed by atoms with Crippen molar-refractivity contribution in [3.05, 3.63) is 11.6 Å². The second kappa shape index (κ2) is 16.6. The number of hydrogen-bond donors (Lipinski definition) is 0. The summed E-state index contributed by atoms with van der Waals surface area (Å²) < 4.78 is 4.91. The molecule has 2 nitrogen and oxygen atoms in total. The lowest BCUT2D eigenvalue weighted by Crippen LogP contribution is -2.00. The van der Waals surface area contributed by atoms with E-state index in [0.717, 1.165) is 12.0 Å². The van der Waals surface area contributed by atoms with Crippen LogP contribution in [-0.2, 0) is 9.53 Å². The Balaban J connectivity index is 3.28. The number of hydrogen-bond acceptors (Lipinski definition) is 2. The standard InChI is InChI=1S/C20H38O2/c1-4-6-7-8-9-10-11-12-13-14-15-16-17-19(3)18-20(21)22-5-2/h18H,4-17H2,1-3H3/b19-18+. The summed E-state index contributed by atoms with van der Waals surface area (Å²) in [5.41, 5.74) is 1.14. The third-order valence-electron chi connectivity index (χ3n) is 4.08. The summed E-state index contributed by atoms with van der Waals surface area (Å²) >= 11 is 0. The summed E-state index contributed by atoms with van der Waals surface area (Å²) in [4.78, 5) is 11.3. The van der Waals surface area contributed by atoms with Crippen molar-refractivity contribution in [3.8, 4) is 0 Å². The minimum absolute atomic E-state index is 0.195. The minimum atomic E-state index is -0.195. The lowest BCUT2D eigenvalue weighted by atomic mass is 10.0. The van der Waals surface area contributed by atoms with Gasteiger partial charge in [-0.2, -0.15) is 0 Å². The van der Waals surface area contributed by atoms with Crippen LogP contribution in [0.4, 0.5) is 0 Å². The molecule has 0 aliphatic rings. The van der Waals surface area contributed by atoms with Crippen molar-refractivity contribution in [2.45, 2.75) is 104 Å². The highest BCUT2D eigenvalue weighted by molar-refractivity contribution is 5.82. The molecule has 0 saturated carbocycles. The molecule has 0 fully saturated rings. The summed E-state index contributed by atoms with van der Waals surface area (Å²) in [6.45, 7) is 6.59. The van der Waals surface area contributed by atoms with Gasteiger partial charge >= 0.3 is 5.97 Å². The normalized spacial score (nSPS) is 11.7. The van der Waals surface area contributed by atoms with Crippen molar-refractivity contribution in [2.75, 3.05) is 6.61 Å². The van der Waals surface area contributed by atoms with Gasteiger partial charge < -0.3 is 4.74 Å². The fourth-order valence-electron chi connectivity index (χ4n) is 2.70. The van der Waals surface area contributed by atoms with Crippen LogP contribution < -0.4 is 0 Å². The molecule has 0 bridgehead atoms. The average molecular weight is 311 g/mol. The molecule has 22 heavy (non-hydrogen) atoms. The Morgan fingerprint density at radius 3 is 1.68 bits per heavy atom. The van der Waals surface area contributed by atoms with Crippen LogP contribution in [0, 0.1) is 0 Å². The van der Waals surface area contributed by atoms with Gasteiger partial charge in [0.15, 0.2) is 0 Å². The van der Waals surface area contributed by atoms with E-state index in [1.807, 2.05) is 13.8 Å². The molecule has 0 amide bonds. The number of esters is 1. The van der Waals surface area contributed by atoms with Gasteiger partial charge in [-0.1, -0.05) is 83.1 Å². The lowest BCUT2D eigenvalue weighted by Gasteiger charge is -2.04. The van der Waals surface area contributed by atoms with Crippen molar-refractivity contribution in [1.82, 2.24) is 0 Å². The number of carbonyl (C=O) groups excluding carboxylic acids is 1. The first-order valence-corrected chi connectivity index (χ1v) is 9.54. The molecule has 0 atom stereocenters. The fourth-order valence-corrected chi connectivity index (χ4v) is 2.70. The predicted octanol–water partition coefficient (Wildman–Crippen LogP) is 6.59. The molecule has 0 heterocycles. The maximum atomic E-state index is 11.3. The van der Waals surface area contributed by atoms with E-state index in [0.29, 0.717) is 6.61 Å². The van der Waals surface area contributed by atoms with Crippen LogP contribution in [0.2, 0.25) is 0 Å². The van der Waals surface area contributed by atoms with Gasteiger partial charge in [-0.15, -0.1) is 0 Å². The third-order valence-corrected chi connectivity index (χ3v) is 4.08. The molecule has 0 aromatic heterocycles. The van der Waals surface area contributed by atoms with E-state index >= 15 is 0 Å². The van der Waals surface area contributed by atoms with E-state index in [1.54, 1.807) is 6.08 Å². The molecule has 0 aliphatic heterocycles. The third kappa shape index (κ3) is 15.6. The molecule has 0 aromatic carbocycles. The van der Waals surface area contributed by atoms with Crippen LogP contribution in [0.25, 0.3) is 0 Å². The van der Waals surface area contributed by atoms with Crippen LogP contribution in [-0.4, -0.2) is 12.6 Å². The Hall–Kier alpha value is -0.790. The quantitative estimate of drug-likeness (QED) is 0.194. The van der Waals surface area contributed by atoms with Crippen LogP contribution in [0.5, 0.6) is 0 Å². The van der Waals surface area contributed by atoms with Crippen LogP contribution in [0.15, 0.2) is 11.6 Å². The highest BCUT2D eigenvalue weighted by Gasteiger charge is 1.98. The first kappa shape index (κ1) is 21.2. The topological polar surface area (TPSA) is 26.3 Å². The van der Waals surface area contributed by atoms with E-state index in [1.165, 1.54) is 77.0 Å². The molecule has 0 rings (SSSR count). The van der Waals surface area contributed by atoms with Crippen molar-refractivity contribution in [3.63, 3.8) is 0 Å². The number of carbonyl (C=O) groups is 1. The van der Waals surface area contributed by atoms with Gasteiger partial charge in [0.25, 0.3) is 0 Å². The van der Waals surface area contributed by atoms with Crippen molar-refractivity contribution in [2.24, 2.45) is 0 Å². The molecule has 0 unspecified atom stereocenters. The van der Waals surface area contributed by atoms with Gasteiger partial charge in [-0.3, -0.25) is 0 Å². The summed E-state index contributed by atoms with van der Waals surface area (Å²) in [5, 5.41) is 0. The molecular weight excluding hydrogens is 272 g/mol. The van der Waals surface area contributed by atoms with Gasteiger partial charge in [0.2, 0.25) is 0 Å². The van der Waals surface area contributed by atoms with E-state index in [-0.39, 0.29) is 5.97 Å². The molecule has 0 aliphatic carbocycles. The second-order valence-electron chi connectivity index (χ2n) is 6.38. The first-order valence-electron chi connectivity index (χ1n) is 9.54. The lowest BCUT2D eigenvalue weighted by molar-refractivity contribution is -0.137. The zero-order valence-electron chi connectivity index (χ0n) is 15.3. The monoisotopic (exact) mass is 310 g/mol. The summed E-state index contributed by atoms with van der Waals surface area (Å²) in [6, 6.07) is 0. The number of ether oxygens (including phenoxy) is 1. The summed E-state index contributed by atoms with van der Waals surface area (Å²) in [5.74, 6) is -0.195. The minimum Gasteiger partial charge on any atom is -0.463 e. The van der Waals surface area contributed by atoms with E-state index < -0.39 is 0 Å². The Kier molecular flexibility index (Phi) is 16.0. The molecular formula is C20H38O2. The largest absolute Gasteiger partial charge is 0.463 e. The van der Waals surface area contributed by atoms with E-state index in [9.17, 15) is 4.79 Å². The Labute approximate surface area is 138 Å². The van der Waals surface area contributed by atoms with Gasteiger partial charge in [-0.05, 0) is 26.7 Å². The molecule has 130 valence electrons. The predicted molar refractivity (Wildman–Crippen MR) is 96.1 cm³/mol. The van der Waals surface area contributed by atoms with Crippen molar-refractivity contribution >= 4 is 5.97 Å². The molecule has 0 aromatic rings.